The van der Waals surface area contributed by atoms with Crippen molar-refractivity contribution in [1.82, 2.24) is 0 Å². The van der Waals surface area contributed by atoms with Crippen molar-refractivity contribution in [3.63, 3.8) is 0 Å². The van der Waals surface area contributed by atoms with Crippen molar-refractivity contribution in [3.8, 4) is 0 Å². The van der Waals surface area contributed by atoms with E-state index >= 15 is 0 Å². The average molecular weight is 342 g/mol. The number of benzene rings is 2. The Morgan fingerprint density at radius 2 is 1.83 bits per heavy atom. The second-order valence-electron chi connectivity index (χ2n) is 5.59. The van der Waals surface area contributed by atoms with Crippen molar-refractivity contribution < 1.29 is 0 Å². The molecule has 2 aliphatic rings. The summed E-state index contributed by atoms with van der Waals surface area (Å²) in [6.45, 7) is 0.724. The Labute approximate surface area is 145 Å². The number of anilines is 1. The maximum atomic E-state index is 5.97. The second kappa shape index (κ2) is 6.38. The molecule has 1 unspecified atom stereocenters. The van der Waals surface area contributed by atoms with Crippen LogP contribution in [0.5, 0.6) is 0 Å². The third-order valence-electron chi connectivity index (χ3n) is 4.08. The summed E-state index contributed by atoms with van der Waals surface area (Å²) in [5, 5.41) is 9.11. The van der Waals surface area contributed by atoms with Crippen molar-refractivity contribution in [1.29, 1.82) is 0 Å². The van der Waals surface area contributed by atoms with Gasteiger partial charge in [0.25, 0.3) is 0 Å². The predicted molar refractivity (Wildman–Crippen MR) is 99.0 cm³/mol. The molecule has 0 spiro atoms. The molecule has 23 heavy (non-hydrogen) atoms. The highest BCUT2D eigenvalue weighted by molar-refractivity contribution is 7.99. The summed E-state index contributed by atoms with van der Waals surface area (Å²) in [4.78, 5) is 3.54. The SMILES string of the molecule is ClCC1=NN=C2CC(c3ccccc3)Sc3ccccc3N2C1. The summed E-state index contributed by atoms with van der Waals surface area (Å²) in [6, 6.07) is 19.1. The fourth-order valence-electron chi connectivity index (χ4n) is 2.93. The first-order valence-corrected chi connectivity index (χ1v) is 9.03. The second-order valence-corrected chi connectivity index (χ2v) is 7.10. The van der Waals surface area contributed by atoms with Crippen molar-refractivity contribution in [3.05, 3.63) is 60.2 Å². The molecule has 0 amide bonds. The molecule has 0 N–H and O–H groups in total. The van der Waals surface area contributed by atoms with Crippen molar-refractivity contribution in [2.45, 2.75) is 16.6 Å². The van der Waals surface area contributed by atoms with Gasteiger partial charge in [0.15, 0.2) is 0 Å². The fourth-order valence-corrected chi connectivity index (χ4v) is 4.35. The Bertz CT molecular complexity index is 773. The van der Waals surface area contributed by atoms with Gasteiger partial charge < -0.3 is 4.90 Å². The van der Waals surface area contributed by atoms with Crippen molar-refractivity contribution in [2.75, 3.05) is 17.3 Å². The van der Waals surface area contributed by atoms with Crippen LogP contribution in [-0.2, 0) is 0 Å². The van der Waals surface area contributed by atoms with E-state index in [1.807, 2.05) is 11.8 Å². The summed E-state index contributed by atoms with van der Waals surface area (Å²) < 4.78 is 0. The molecule has 3 nitrogen and oxygen atoms in total. The molecule has 0 radical (unpaired) electrons. The van der Waals surface area contributed by atoms with Crippen LogP contribution in [0.25, 0.3) is 0 Å². The normalized spacial score (nSPS) is 20.0. The third kappa shape index (κ3) is 2.89. The smallest absolute Gasteiger partial charge is 0.133 e. The molecular formula is C18H16ClN3S. The van der Waals surface area contributed by atoms with E-state index in [1.54, 1.807) is 0 Å². The van der Waals surface area contributed by atoms with Crippen LogP contribution in [0, 0.1) is 0 Å². The quantitative estimate of drug-likeness (QED) is 0.738. The molecule has 2 heterocycles. The number of thioether (sulfide) groups is 1. The molecule has 5 heteroatoms. The van der Waals surface area contributed by atoms with Gasteiger partial charge in [-0.15, -0.1) is 28.5 Å². The summed E-state index contributed by atoms with van der Waals surface area (Å²) in [6.07, 6.45) is 0.864. The summed E-state index contributed by atoms with van der Waals surface area (Å²) in [5.41, 5.74) is 3.43. The number of hydrogen-bond donors (Lipinski definition) is 0. The van der Waals surface area contributed by atoms with E-state index < -0.39 is 0 Å². The number of alkyl halides is 1. The lowest BCUT2D eigenvalue weighted by atomic mass is 10.1. The van der Waals surface area contributed by atoms with Gasteiger partial charge in [-0.1, -0.05) is 42.5 Å². The lowest BCUT2D eigenvalue weighted by Gasteiger charge is -2.28. The van der Waals surface area contributed by atoms with Gasteiger partial charge in [0.05, 0.1) is 23.8 Å². The maximum Gasteiger partial charge on any atom is 0.133 e. The van der Waals surface area contributed by atoms with E-state index in [4.69, 9.17) is 11.6 Å². The van der Waals surface area contributed by atoms with Gasteiger partial charge in [-0.2, -0.15) is 5.10 Å². The van der Waals surface area contributed by atoms with Gasteiger partial charge in [-0.3, -0.25) is 0 Å². The van der Waals surface area contributed by atoms with E-state index in [0.717, 1.165) is 24.5 Å². The number of hydrogen-bond acceptors (Lipinski definition) is 4. The highest BCUT2D eigenvalue weighted by atomic mass is 35.5. The fraction of sp³-hybridized carbons (Fsp3) is 0.222. The van der Waals surface area contributed by atoms with Crippen LogP contribution >= 0.6 is 23.4 Å². The molecule has 0 aliphatic carbocycles. The summed E-state index contributed by atoms with van der Waals surface area (Å²) >= 11 is 7.87. The first-order valence-electron chi connectivity index (χ1n) is 7.61. The van der Waals surface area contributed by atoms with Crippen LogP contribution in [0.2, 0.25) is 0 Å². The van der Waals surface area contributed by atoms with Crippen LogP contribution in [0.1, 0.15) is 17.2 Å². The van der Waals surface area contributed by atoms with Gasteiger partial charge in [0.2, 0.25) is 0 Å². The lowest BCUT2D eigenvalue weighted by Crippen LogP contribution is -2.38. The van der Waals surface area contributed by atoms with E-state index in [-0.39, 0.29) is 0 Å². The standard InChI is InChI=1S/C18H16ClN3S/c19-11-14-12-22-15-8-4-5-9-16(15)23-17(10-18(22)21-20-14)13-6-2-1-3-7-13/h1-9,17H,10-12H2. The number of amidine groups is 1. The average Bonchev–Trinajstić information content (AvgIpc) is 2.79. The zero-order valence-electron chi connectivity index (χ0n) is 12.5. The van der Waals surface area contributed by atoms with Crippen LogP contribution < -0.4 is 4.90 Å². The molecule has 0 aromatic heterocycles. The van der Waals surface area contributed by atoms with E-state index in [9.17, 15) is 0 Å². The lowest BCUT2D eigenvalue weighted by molar-refractivity contribution is 0.944. The van der Waals surface area contributed by atoms with Gasteiger partial charge >= 0.3 is 0 Å². The molecule has 116 valence electrons. The molecule has 0 saturated heterocycles. The van der Waals surface area contributed by atoms with Crippen molar-refractivity contribution >= 4 is 40.6 Å². The minimum absolute atomic E-state index is 0.342. The topological polar surface area (TPSA) is 28.0 Å². The predicted octanol–water partition coefficient (Wildman–Crippen LogP) is 4.74. The Morgan fingerprint density at radius 3 is 2.65 bits per heavy atom. The number of halogens is 1. The molecule has 2 aromatic rings. The zero-order chi connectivity index (χ0) is 15.6. The molecule has 0 saturated carbocycles. The van der Waals surface area contributed by atoms with Gasteiger partial charge in [-0.05, 0) is 17.7 Å². The van der Waals surface area contributed by atoms with Crippen LogP contribution in [0.15, 0.2) is 69.7 Å². The van der Waals surface area contributed by atoms with E-state index in [2.05, 4.69) is 69.7 Å². The minimum Gasteiger partial charge on any atom is -0.321 e. The van der Waals surface area contributed by atoms with E-state index in [1.165, 1.54) is 16.1 Å². The Balaban J connectivity index is 1.79. The molecule has 2 aliphatic heterocycles. The number of fused-ring (bicyclic) bond motifs is 3. The van der Waals surface area contributed by atoms with Gasteiger partial charge in [0, 0.05) is 16.6 Å². The van der Waals surface area contributed by atoms with Crippen LogP contribution in [-0.4, -0.2) is 24.0 Å². The Morgan fingerprint density at radius 1 is 1.04 bits per heavy atom. The molecular weight excluding hydrogens is 326 g/mol. The molecule has 1 atom stereocenters. The van der Waals surface area contributed by atoms with Gasteiger partial charge in [0.1, 0.15) is 5.84 Å². The number of para-hydroxylation sites is 1. The first kappa shape index (κ1) is 14.8. The van der Waals surface area contributed by atoms with Crippen molar-refractivity contribution in [2.24, 2.45) is 10.2 Å². The maximum absolute atomic E-state index is 5.97. The molecule has 2 aromatic carbocycles. The summed E-state index contributed by atoms with van der Waals surface area (Å²) in [7, 11) is 0. The summed E-state index contributed by atoms with van der Waals surface area (Å²) in [5.74, 6) is 1.44. The monoisotopic (exact) mass is 341 g/mol. The highest BCUT2D eigenvalue weighted by Crippen LogP contribution is 2.46. The van der Waals surface area contributed by atoms with Crippen LogP contribution in [0.3, 0.4) is 0 Å². The Kier molecular flexibility index (Phi) is 4.10. The number of rotatable bonds is 2. The largest absolute Gasteiger partial charge is 0.321 e. The molecule has 0 bridgehead atoms. The zero-order valence-corrected chi connectivity index (χ0v) is 14.1. The third-order valence-corrected chi connectivity index (χ3v) is 5.71. The number of nitrogens with zero attached hydrogens (tertiary/aromatic N) is 3. The van der Waals surface area contributed by atoms with E-state index in [0.29, 0.717) is 11.1 Å². The highest BCUT2D eigenvalue weighted by Gasteiger charge is 2.30. The molecule has 4 rings (SSSR count). The molecule has 0 fully saturated rings. The van der Waals surface area contributed by atoms with Crippen LogP contribution in [0.4, 0.5) is 5.69 Å². The first-order chi connectivity index (χ1) is 11.3. The van der Waals surface area contributed by atoms with Gasteiger partial charge in [-0.25, -0.2) is 0 Å². The Hall–Kier alpha value is -1.78. The minimum atomic E-state index is 0.342.